The van der Waals surface area contributed by atoms with Gasteiger partial charge in [0.2, 0.25) is 0 Å². The van der Waals surface area contributed by atoms with Crippen LogP contribution in [0.25, 0.3) is 0 Å². The Kier molecular flexibility index (Phi) is 2.37. The Hall–Kier alpha value is -1.09. The Labute approximate surface area is 107 Å². The van der Waals surface area contributed by atoms with Crippen LogP contribution in [0.4, 0.5) is 0 Å². The molecule has 3 nitrogen and oxygen atoms in total. The molecule has 0 radical (unpaired) electrons. The predicted octanol–water partition coefficient (Wildman–Crippen LogP) is 1.82. The Balaban J connectivity index is 1.84. The standard InChI is InChI=1S/C15H20N2O/c18-14-7-1-6-13-12-5-3-9-16-8-2-4-11(15(12)16)10-17(13)14/h1,6-7,11-12,15H,2-5,8-10H2/t11-,12-,15+/m1/s1. The molecule has 0 bridgehead atoms. The molecule has 3 aliphatic rings. The van der Waals surface area contributed by atoms with Crippen LogP contribution in [-0.2, 0) is 6.54 Å². The molecule has 2 fully saturated rings. The molecule has 1 aromatic rings. The first-order valence-electron chi connectivity index (χ1n) is 7.28. The Bertz CT molecular complexity index is 519. The van der Waals surface area contributed by atoms with Gasteiger partial charge in [-0.25, -0.2) is 0 Å². The molecule has 0 aliphatic carbocycles. The van der Waals surface area contributed by atoms with Gasteiger partial charge in [0, 0.05) is 30.3 Å². The highest BCUT2D eigenvalue weighted by atomic mass is 16.1. The van der Waals surface area contributed by atoms with Gasteiger partial charge in [-0.1, -0.05) is 6.07 Å². The average molecular weight is 244 g/mol. The monoisotopic (exact) mass is 244 g/mol. The normalized spacial score (nSPS) is 34.8. The van der Waals surface area contributed by atoms with E-state index in [1.165, 1.54) is 44.5 Å². The maximum atomic E-state index is 12.0. The fourth-order valence-electron chi connectivity index (χ4n) is 4.52. The number of pyridine rings is 1. The molecule has 0 spiro atoms. The van der Waals surface area contributed by atoms with E-state index in [1.54, 1.807) is 6.07 Å². The lowest BCUT2D eigenvalue weighted by atomic mass is 9.73. The summed E-state index contributed by atoms with van der Waals surface area (Å²) in [5.74, 6) is 1.31. The van der Waals surface area contributed by atoms with Crippen molar-refractivity contribution in [1.29, 1.82) is 0 Å². The van der Waals surface area contributed by atoms with Crippen molar-refractivity contribution in [2.45, 2.75) is 44.2 Å². The topological polar surface area (TPSA) is 25.2 Å². The van der Waals surface area contributed by atoms with Gasteiger partial charge < -0.3 is 4.57 Å². The molecule has 96 valence electrons. The molecule has 4 rings (SSSR count). The van der Waals surface area contributed by atoms with Crippen molar-refractivity contribution in [1.82, 2.24) is 9.47 Å². The van der Waals surface area contributed by atoms with Gasteiger partial charge >= 0.3 is 0 Å². The van der Waals surface area contributed by atoms with Gasteiger partial charge in [0.15, 0.2) is 0 Å². The van der Waals surface area contributed by atoms with Crippen molar-refractivity contribution < 1.29 is 0 Å². The Morgan fingerprint density at radius 3 is 2.83 bits per heavy atom. The largest absolute Gasteiger partial charge is 0.312 e. The van der Waals surface area contributed by atoms with Gasteiger partial charge in [-0.15, -0.1) is 0 Å². The second kappa shape index (κ2) is 3.95. The van der Waals surface area contributed by atoms with Crippen LogP contribution >= 0.6 is 0 Å². The van der Waals surface area contributed by atoms with E-state index in [0.29, 0.717) is 17.9 Å². The SMILES string of the molecule is O=c1cccc2n1C[C@H]1CCCN3CCC[C@H]2[C@H]13. The van der Waals surface area contributed by atoms with Gasteiger partial charge in [0.1, 0.15) is 0 Å². The molecule has 1 aromatic heterocycles. The summed E-state index contributed by atoms with van der Waals surface area (Å²) in [6, 6.07) is 6.55. The second-order valence-corrected chi connectivity index (χ2v) is 6.08. The van der Waals surface area contributed by atoms with Crippen molar-refractivity contribution in [3.05, 3.63) is 34.2 Å². The van der Waals surface area contributed by atoms with Crippen LogP contribution < -0.4 is 5.56 Å². The summed E-state index contributed by atoms with van der Waals surface area (Å²) in [5.41, 5.74) is 1.50. The fraction of sp³-hybridized carbons (Fsp3) is 0.667. The average Bonchev–Trinajstić information content (AvgIpc) is 2.41. The zero-order valence-corrected chi connectivity index (χ0v) is 10.7. The van der Waals surface area contributed by atoms with Crippen LogP contribution in [0.2, 0.25) is 0 Å². The smallest absolute Gasteiger partial charge is 0.250 e. The zero-order valence-electron chi connectivity index (χ0n) is 10.7. The Morgan fingerprint density at radius 2 is 1.94 bits per heavy atom. The van der Waals surface area contributed by atoms with E-state index < -0.39 is 0 Å². The number of fused-ring (bicyclic) bond motifs is 2. The second-order valence-electron chi connectivity index (χ2n) is 6.08. The van der Waals surface area contributed by atoms with Gasteiger partial charge in [0.05, 0.1) is 0 Å². The summed E-state index contributed by atoms with van der Waals surface area (Å²) in [6.07, 6.45) is 5.17. The summed E-state index contributed by atoms with van der Waals surface area (Å²) < 4.78 is 2.06. The molecular weight excluding hydrogens is 224 g/mol. The maximum Gasteiger partial charge on any atom is 0.250 e. The van der Waals surface area contributed by atoms with Crippen molar-refractivity contribution in [3.8, 4) is 0 Å². The number of hydrogen-bond acceptors (Lipinski definition) is 2. The molecule has 18 heavy (non-hydrogen) atoms. The minimum Gasteiger partial charge on any atom is -0.312 e. The van der Waals surface area contributed by atoms with Crippen molar-refractivity contribution >= 4 is 0 Å². The third-order valence-corrected chi connectivity index (χ3v) is 5.18. The van der Waals surface area contributed by atoms with Crippen molar-refractivity contribution in [2.24, 2.45) is 5.92 Å². The van der Waals surface area contributed by atoms with E-state index in [0.717, 1.165) is 6.54 Å². The van der Waals surface area contributed by atoms with E-state index >= 15 is 0 Å². The lowest BCUT2D eigenvalue weighted by molar-refractivity contribution is 0.0180. The van der Waals surface area contributed by atoms with E-state index in [2.05, 4.69) is 15.5 Å². The number of piperidine rings is 2. The third-order valence-electron chi connectivity index (χ3n) is 5.18. The molecule has 0 amide bonds. The minimum absolute atomic E-state index is 0.202. The first kappa shape index (κ1) is 10.8. The first-order chi connectivity index (χ1) is 8.84. The number of rotatable bonds is 0. The molecule has 0 N–H and O–H groups in total. The molecule has 3 heteroatoms. The summed E-state index contributed by atoms with van der Waals surface area (Å²) in [4.78, 5) is 14.7. The number of nitrogens with zero attached hydrogens (tertiary/aromatic N) is 2. The molecule has 0 aromatic carbocycles. The van der Waals surface area contributed by atoms with Crippen LogP contribution in [0.3, 0.4) is 0 Å². The van der Waals surface area contributed by atoms with Crippen LogP contribution in [-0.4, -0.2) is 28.6 Å². The first-order valence-corrected chi connectivity index (χ1v) is 7.28. The zero-order chi connectivity index (χ0) is 12.1. The van der Waals surface area contributed by atoms with Crippen LogP contribution in [0.1, 0.15) is 37.3 Å². The van der Waals surface area contributed by atoms with Gasteiger partial charge in [-0.2, -0.15) is 0 Å². The third kappa shape index (κ3) is 1.43. The van der Waals surface area contributed by atoms with Gasteiger partial charge in [-0.05, 0) is 50.8 Å². The van der Waals surface area contributed by atoms with Crippen LogP contribution in [0, 0.1) is 5.92 Å². The summed E-state index contributed by atoms with van der Waals surface area (Å²) in [7, 11) is 0. The van der Waals surface area contributed by atoms with E-state index in [9.17, 15) is 4.79 Å². The summed E-state index contributed by atoms with van der Waals surface area (Å²) in [6.45, 7) is 3.50. The molecule has 3 atom stereocenters. The summed E-state index contributed by atoms with van der Waals surface area (Å²) in [5, 5.41) is 0. The molecular formula is C15H20N2O. The van der Waals surface area contributed by atoms with E-state index in [1.807, 2.05) is 6.07 Å². The van der Waals surface area contributed by atoms with Crippen LogP contribution in [0.15, 0.2) is 23.0 Å². The summed E-state index contributed by atoms with van der Waals surface area (Å²) >= 11 is 0. The Morgan fingerprint density at radius 1 is 1.11 bits per heavy atom. The van der Waals surface area contributed by atoms with Crippen LogP contribution in [0.5, 0.6) is 0 Å². The highest BCUT2D eigenvalue weighted by molar-refractivity contribution is 5.20. The lowest BCUT2D eigenvalue weighted by Crippen LogP contribution is -2.56. The van der Waals surface area contributed by atoms with Gasteiger partial charge in [0.25, 0.3) is 5.56 Å². The van der Waals surface area contributed by atoms with Crippen molar-refractivity contribution in [2.75, 3.05) is 13.1 Å². The minimum atomic E-state index is 0.202. The molecule has 3 aliphatic heterocycles. The number of hydrogen-bond donors (Lipinski definition) is 0. The highest BCUT2D eigenvalue weighted by Crippen LogP contribution is 2.43. The quantitative estimate of drug-likeness (QED) is 0.695. The van der Waals surface area contributed by atoms with E-state index in [-0.39, 0.29) is 5.56 Å². The fourth-order valence-corrected chi connectivity index (χ4v) is 4.52. The van der Waals surface area contributed by atoms with Gasteiger partial charge in [-0.3, -0.25) is 9.69 Å². The van der Waals surface area contributed by atoms with E-state index in [4.69, 9.17) is 0 Å². The molecule has 2 saturated heterocycles. The molecule has 4 heterocycles. The highest BCUT2D eigenvalue weighted by Gasteiger charge is 2.43. The molecule has 0 unspecified atom stereocenters. The maximum absolute atomic E-state index is 12.0. The molecule has 0 saturated carbocycles. The predicted molar refractivity (Wildman–Crippen MR) is 70.8 cm³/mol. The lowest BCUT2D eigenvalue weighted by Gasteiger charge is -2.52. The van der Waals surface area contributed by atoms with Crippen molar-refractivity contribution in [3.63, 3.8) is 0 Å². The number of aromatic nitrogens is 1.